The van der Waals surface area contributed by atoms with E-state index in [2.05, 4.69) is 25.9 Å². The van der Waals surface area contributed by atoms with Gasteiger partial charge in [0.05, 0.1) is 0 Å². The summed E-state index contributed by atoms with van der Waals surface area (Å²) in [5.41, 5.74) is -0.997. The molecule has 22 heavy (non-hydrogen) atoms. The van der Waals surface area contributed by atoms with Gasteiger partial charge in [-0.1, -0.05) is 0 Å². The maximum absolute atomic E-state index is 12.5. The van der Waals surface area contributed by atoms with Crippen LogP contribution in [0.3, 0.4) is 0 Å². The lowest BCUT2D eigenvalue weighted by molar-refractivity contribution is -0.141. The van der Waals surface area contributed by atoms with Crippen LogP contribution in [0.5, 0.6) is 0 Å². The van der Waals surface area contributed by atoms with Gasteiger partial charge < -0.3 is 16.0 Å². The zero-order valence-electron chi connectivity index (χ0n) is 11.9. The minimum atomic E-state index is -4.50. The number of carbonyl (C=O) groups is 1. The highest BCUT2D eigenvalue weighted by Gasteiger charge is 2.32. The number of nitrogens with one attached hydrogen (secondary N) is 3. The lowest BCUT2D eigenvalue weighted by Crippen LogP contribution is -2.39. The molecule has 0 aromatic carbocycles. The third-order valence-corrected chi connectivity index (χ3v) is 3.36. The van der Waals surface area contributed by atoms with Gasteiger partial charge in [0, 0.05) is 25.2 Å². The van der Waals surface area contributed by atoms with E-state index in [1.165, 1.54) is 0 Å². The molecule has 1 saturated heterocycles. The van der Waals surface area contributed by atoms with Crippen molar-refractivity contribution in [1.82, 2.24) is 20.6 Å². The van der Waals surface area contributed by atoms with Crippen LogP contribution < -0.4 is 16.0 Å². The lowest BCUT2D eigenvalue weighted by Gasteiger charge is -2.21. The monoisotopic (exact) mass is 317 g/mol. The number of piperidine rings is 1. The van der Waals surface area contributed by atoms with Crippen LogP contribution in [0.1, 0.15) is 18.5 Å². The summed E-state index contributed by atoms with van der Waals surface area (Å²) in [5.74, 6) is -0.120. The first-order valence-corrected chi connectivity index (χ1v) is 7.09. The zero-order valence-corrected chi connectivity index (χ0v) is 11.9. The summed E-state index contributed by atoms with van der Waals surface area (Å²) in [5, 5.41) is 8.60. The number of aromatic nitrogens is 2. The van der Waals surface area contributed by atoms with Crippen LogP contribution in [-0.4, -0.2) is 42.1 Å². The molecule has 1 aromatic rings. The molecule has 2 rings (SSSR count). The summed E-state index contributed by atoms with van der Waals surface area (Å²) in [6.45, 7) is 2.23. The normalized spacial score (nSPS) is 16.3. The predicted octanol–water partition coefficient (Wildman–Crippen LogP) is 1.02. The van der Waals surface area contributed by atoms with Crippen molar-refractivity contribution in [2.45, 2.75) is 19.0 Å². The molecule has 1 amide bonds. The Hall–Kier alpha value is -1.90. The van der Waals surface area contributed by atoms with Gasteiger partial charge in [0.15, 0.2) is 0 Å². The highest BCUT2D eigenvalue weighted by Crippen LogP contribution is 2.27. The van der Waals surface area contributed by atoms with E-state index >= 15 is 0 Å². The number of rotatable bonds is 5. The number of hydrogen-bond donors (Lipinski definition) is 3. The molecule has 1 aromatic heterocycles. The molecular weight excluding hydrogens is 299 g/mol. The summed E-state index contributed by atoms with van der Waals surface area (Å²) >= 11 is 0. The molecule has 0 radical (unpaired) electrons. The molecule has 0 bridgehead atoms. The van der Waals surface area contributed by atoms with Gasteiger partial charge in [-0.25, -0.2) is 9.97 Å². The number of nitrogens with zero attached hydrogens (tertiary/aromatic N) is 2. The molecule has 0 spiro atoms. The molecular formula is C13H18F3N5O. The minimum absolute atomic E-state index is 0.00561. The van der Waals surface area contributed by atoms with Crippen molar-refractivity contribution in [3.63, 3.8) is 0 Å². The second kappa shape index (κ2) is 7.39. The Kier molecular flexibility index (Phi) is 5.53. The summed E-state index contributed by atoms with van der Waals surface area (Å²) in [7, 11) is 0. The van der Waals surface area contributed by atoms with Crippen molar-refractivity contribution in [3.05, 3.63) is 18.0 Å². The Bertz CT molecular complexity index is 503. The van der Waals surface area contributed by atoms with Gasteiger partial charge in [0.1, 0.15) is 5.69 Å². The fraction of sp³-hybridized carbons (Fsp3) is 0.615. The maximum Gasteiger partial charge on any atom is 0.433 e. The molecule has 0 atom stereocenters. The van der Waals surface area contributed by atoms with Crippen molar-refractivity contribution >= 4 is 11.9 Å². The fourth-order valence-corrected chi connectivity index (χ4v) is 2.19. The zero-order chi connectivity index (χ0) is 16.0. The maximum atomic E-state index is 12.5. The number of hydrogen-bond acceptors (Lipinski definition) is 5. The van der Waals surface area contributed by atoms with Gasteiger partial charge in [-0.15, -0.1) is 0 Å². The van der Waals surface area contributed by atoms with E-state index in [1.807, 2.05) is 0 Å². The average molecular weight is 317 g/mol. The van der Waals surface area contributed by atoms with E-state index in [1.54, 1.807) is 0 Å². The van der Waals surface area contributed by atoms with E-state index in [0.717, 1.165) is 38.2 Å². The van der Waals surface area contributed by atoms with Gasteiger partial charge in [-0.2, -0.15) is 13.2 Å². The van der Waals surface area contributed by atoms with Crippen LogP contribution in [0.4, 0.5) is 19.1 Å². The van der Waals surface area contributed by atoms with Crippen LogP contribution in [-0.2, 0) is 11.0 Å². The highest BCUT2D eigenvalue weighted by atomic mass is 19.4. The fourth-order valence-electron chi connectivity index (χ4n) is 2.19. The third kappa shape index (κ3) is 4.83. The van der Waals surface area contributed by atoms with Gasteiger partial charge in [0.2, 0.25) is 11.9 Å². The molecule has 2 heterocycles. The first-order chi connectivity index (χ1) is 10.5. The molecule has 122 valence electrons. The van der Waals surface area contributed by atoms with E-state index in [4.69, 9.17) is 0 Å². The second-order valence-corrected chi connectivity index (χ2v) is 5.01. The van der Waals surface area contributed by atoms with Crippen molar-refractivity contribution in [2.24, 2.45) is 5.92 Å². The number of amides is 1. The molecule has 1 aliphatic rings. The molecule has 1 fully saturated rings. The van der Waals surface area contributed by atoms with Crippen LogP contribution in [0.25, 0.3) is 0 Å². The number of alkyl halides is 3. The topological polar surface area (TPSA) is 78.9 Å². The Labute approximate surface area is 125 Å². The van der Waals surface area contributed by atoms with Crippen LogP contribution in [0.2, 0.25) is 0 Å². The summed E-state index contributed by atoms with van der Waals surface area (Å²) in [6.07, 6.45) is -1.85. The first-order valence-electron chi connectivity index (χ1n) is 7.09. The highest BCUT2D eigenvalue weighted by molar-refractivity contribution is 5.78. The number of halogens is 3. The van der Waals surface area contributed by atoms with Crippen molar-refractivity contribution in [2.75, 3.05) is 31.5 Å². The molecule has 1 aliphatic heterocycles. The quantitative estimate of drug-likeness (QED) is 0.707. The smallest absolute Gasteiger partial charge is 0.354 e. The van der Waals surface area contributed by atoms with E-state index in [0.29, 0.717) is 6.54 Å². The number of carbonyl (C=O) groups excluding carboxylic acids is 1. The summed E-state index contributed by atoms with van der Waals surface area (Å²) in [6, 6.07) is 0.810. The Balaban J connectivity index is 1.73. The van der Waals surface area contributed by atoms with E-state index in [-0.39, 0.29) is 24.3 Å². The molecule has 0 aliphatic carbocycles. The third-order valence-electron chi connectivity index (χ3n) is 3.36. The average Bonchev–Trinajstić information content (AvgIpc) is 2.52. The van der Waals surface area contributed by atoms with Crippen LogP contribution in [0.15, 0.2) is 12.3 Å². The van der Waals surface area contributed by atoms with E-state index < -0.39 is 11.9 Å². The van der Waals surface area contributed by atoms with Crippen LogP contribution >= 0.6 is 0 Å². The summed E-state index contributed by atoms with van der Waals surface area (Å²) < 4.78 is 37.5. The SMILES string of the molecule is O=C(NCCNc1nccc(C(F)(F)F)n1)C1CCNCC1. The van der Waals surface area contributed by atoms with Gasteiger partial charge in [-0.05, 0) is 32.0 Å². The molecule has 3 N–H and O–H groups in total. The van der Waals surface area contributed by atoms with Gasteiger partial charge in [-0.3, -0.25) is 4.79 Å². The Morgan fingerprint density at radius 1 is 1.32 bits per heavy atom. The first kappa shape index (κ1) is 16.5. The van der Waals surface area contributed by atoms with Crippen molar-refractivity contribution in [1.29, 1.82) is 0 Å². The molecule has 0 unspecified atom stereocenters. The standard InChI is InChI=1S/C13H18F3N5O/c14-13(15,16)10-3-6-19-12(21-10)20-8-7-18-11(22)9-1-4-17-5-2-9/h3,6,9,17H,1-2,4-5,7-8H2,(H,18,22)(H,19,20,21). The second-order valence-electron chi connectivity index (χ2n) is 5.01. The molecule has 0 saturated carbocycles. The molecule has 6 nitrogen and oxygen atoms in total. The predicted molar refractivity (Wildman–Crippen MR) is 74.1 cm³/mol. The largest absolute Gasteiger partial charge is 0.433 e. The van der Waals surface area contributed by atoms with Crippen LogP contribution in [0, 0.1) is 5.92 Å². The Morgan fingerprint density at radius 3 is 2.73 bits per heavy atom. The molecule has 9 heteroatoms. The van der Waals surface area contributed by atoms with Crippen molar-refractivity contribution < 1.29 is 18.0 Å². The van der Waals surface area contributed by atoms with E-state index in [9.17, 15) is 18.0 Å². The van der Waals surface area contributed by atoms with Crippen molar-refractivity contribution in [3.8, 4) is 0 Å². The van der Waals surface area contributed by atoms with Gasteiger partial charge in [0.25, 0.3) is 0 Å². The minimum Gasteiger partial charge on any atom is -0.354 e. The van der Waals surface area contributed by atoms with Gasteiger partial charge >= 0.3 is 6.18 Å². The lowest BCUT2D eigenvalue weighted by atomic mass is 9.97. The number of anilines is 1. The Morgan fingerprint density at radius 2 is 2.05 bits per heavy atom. The summed E-state index contributed by atoms with van der Waals surface area (Å²) in [4.78, 5) is 18.9.